The summed E-state index contributed by atoms with van der Waals surface area (Å²) < 4.78 is 5.11. The van der Waals surface area contributed by atoms with Crippen LogP contribution < -0.4 is 0 Å². The number of nitro groups is 1. The molecule has 0 aliphatic heterocycles. The smallest absolute Gasteiger partial charge is 0.294 e. The molecule has 0 bridgehead atoms. The van der Waals surface area contributed by atoms with Gasteiger partial charge in [0.15, 0.2) is 5.76 Å². The fourth-order valence-electron chi connectivity index (χ4n) is 2.15. The number of nitrogens with zero attached hydrogens (tertiary/aromatic N) is 1. The molecule has 2 rings (SSSR count). The van der Waals surface area contributed by atoms with Gasteiger partial charge in [-0.2, -0.15) is 0 Å². The third-order valence-corrected chi connectivity index (χ3v) is 2.91. The molecule has 0 saturated carbocycles. The number of methoxy groups -OCH3 is 1. The number of fused-ring (bicyclic) bond motifs is 1. The molecular weight excluding hydrogens is 206 g/mol. The fourth-order valence-corrected chi connectivity index (χ4v) is 2.15. The average Bonchev–Trinajstić information content (AvgIpc) is 2.28. The molecule has 1 aliphatic rings. The SMILES string of the molecule is COC1=CC(C)c2ccccc2C1[N+](=O)[O-]. The highest BCUT2D eigenvalue weighted by Gasteiger charge is 2.35. The van der Waals surface area contributed by atoms with Crippen LogP contribution in [0.3, 0.4) is 0 Å². The molecule has 0 radical (unpaired) electrons. The lowest BCUT2D eigenvalue weighted by Crippen LogP contribution is -2.20. The molecule has 1 aliphatic carbocycles. The van der Waals surface area contributed by atoms with Gasteiger partial charge in [0.2, 0.25) is 0 Å². The quantitative estimate of drug-likeness (QED) is 0.567. The Bertz CT molecular complexity index is 453. The zero-order valence-electron chi connectivity index (χ0n) is 9.21. The molecule has 0 N–H and O–H groups in total. The molecule has 4 nitrogen and oxygen atoms in total. The van der Waals surface area contributed by atoms with E-state index in [4.69, 9.17) is 4.74 Å². The van der Waals surface area contributed by atoms with Crippen molar-refractivity contribution in [3.8, 4) is 0 Å². The van der Waals surface area contributed by atoms with E-state index in [2.05, 4.69) is 0 Å². The van der Waals surface area contributed by atoms with Crippen molar-refractivity contribution in [2.45, 2.75) is 18.9 Å². The Balaban J connectivity index is 2.57. The van der Waals surface area contributed by atoms with Crippen LogP contribution in [-0.4, -0.2) is 12.0 Å². The van der Waals surface area contributed by atoms with E-state index in [-0.39, 0.29) is 10.8 Å². The van der Waals surface area contributed by atoms with Gasteiger partial charge in [-0.05, 0) is 11.6 Å². The van der Waals surface area contributed by atoms with Crippen LogP contribution in [0.25, 0.3) is 0 Å². The summed E-state index contributed by atoms with van der Waals surface area (Å²) in [6.45, 7) is 2.01. The van der Waals surface area contributed by atoms with E-state index in [1.54, 1.807) is 6.07 Å². The lowest BCUT2D eigenvalue weighted by molar-refractivity contribution is -0.523. The van der Waals surface area contributed by atoms with Gasteiger partial charge in [0.1, 0.15) is 0 Å². The van der Waals surface area contributed by atoms with Crippen molar-refractivity contribution in [3.63, 3.8) is 0 Å². The third-order valence-electron chi connectivity index (χ3n) is 2.91. The topological polar surface area (TPSA) is 52.4 Å². The Morgan fingerprint density at radius 2 is 1.94 bits per heavy atom. The normalized spacial score (nSPS) is 23.2. The van der Waals surface area contributed by atoms with Crippen LogP contribution >= 0.6 is 0 Å². The first-order valence-corrected chi connectivity index (χ1v) is 5.13. The summed E-state index contributed by atoms with van der Waals surface area (Å²) in [5.41, 5.74) is 1.74. The zero-order valence-corrected chi connectivity index (χ0v) is 9.21. The molecule has 0 heterocycles. The van der Waals surface area contributed by atoms with Gasteiger partial charge in [0.25, 0.3) is 6.04 Å². The van der Waals surface area contributed by atoms with Gasteiger partial charge in [-0.3, -0.25) is 10.1 Å². The van der Waals surface area contributed by atoms with Crippen LogP contribution in [0, 0.1) is 10.1 Å². The molecule has 2 unspecified atom stereocenters. The van der Waals surface area contributed by atoms with E-state index < -0.39 is 6.04 Å². The highest BCUT2D eigenvalue weighted by atomic mass is 16.6. The molecule has 4 heteroatoms. The number of benzene rings is 1. The van der Waals surface area contributed by atoms with Crippen molar-refractivity contribution < 1.29 is 9.66 Å². The van der Waals surface area contributed by atoms with Crippen LogP contribution in [0.15, 0.2) is 36.1 Å². The monoisotopic (exact) mass is 219 g/mol. The van der Waals surface area contributed by atoms with Crippen molar-refractivity contribution in [1.29, 1.82) is 0 Å². The molecule has 1 aromatic carbocycles. The molecule has 84 valence electrons. The predicted molar refractivity (Wildman–Crippen MR) is 59.7 cm³/mol. The zero-order chi connectivity index (χ0) is 11.7. The van der Waals surface area contributed by atoms with E-state index in [1.165, 1.54) is 7.11 Å². The summed E-state index contributed by atoms with van der Waals surface area (Å²) in [5.74, 6) is 0.582. The highest BCUT2D eigenvalue weighted by Crippen LogP contribution is 2.38. The Morgan fingerprint density at radius 3 is 2.50 bits per heavy atom. The van der Waals surface area contributed by atoms with E-state index in [0.29, 0.717) is 5.76 Å². The van der Waals surface area contributed by atoms with Crippen LogP contribution in [0.4, 0.5) is 0 Å². The maximum atomic E-state index is 11.1. The van der Waals surface area contributed by atoms with Crippen molar-refractivity contribution in [1.82, 2.24) is 0 Å². The summed E-state index contributed by atoms with van der Waals surface area (Å²) in [6.07, 6.45) is 1.82. The van der Waals surface area contributed by atoms with Crippen LogP contribution in [0.1, 0.15) is 30.0 Å². The minimum absolute atomic E-state index is 0.155. The highest BCUT2D eigenvalue weighted by molar-refractivity contribution is 5.41. The Kier molecular flexibility index (Phi) is 2.64. The van der Waals surface area contributed by atoms with Gasteiger partial charge in [-0.1, -0.05) is 31.2 Å². The maximum absolute atomic E-state index is 11.1. The molecular formula is C12H13NO3. The van der Waals surface area contributed by atoms with Crippen LogP contribution in [0.2, 0.25) is 0 Å². The van der Waals surface area contributed by atoms with Gasteiger partial charge in [0, 0.05) is 16.4 Å². The number of ether oxygens (including phenoxy) is 1. The molecule has 1 aromatic rings. The van der Waals surface area contributed by atoms with E-state index in [1.807, 2.05) is 31.2 Å². The summed E-state index contributed by atoms with van der Waals surface area (Å²) in [5, 5.41) is 11.1. The van der Waals surface area contributed by atoms with Crippen molar-refractivity contribution >= 4 is 0 Å². The molecule has 0 spiro atoms. The summed E-state index contributed by atoms with van der Waals surface area (Å²) in [6, 6.07) is 6.58. The predicted octanol–water partition coefficient (Wildman–Crippen LogP) is 2.65. The minimum atomic E-state index is -0.864. The van der Waals surface area contributed by atoms with Gasteiger partial charge in [-0.25, -0.2) is 0 Å². The van der Waals surface area contributed by atoms with Crippen molar-refractivity contribution in [3.05, 3.63) is 57.3 Å². The second-order valence-corrected chi connectivity index (χ2v) is 3.88. The average molecular weight is 219 g/mol. The van der Waals surface area contributed by atoms with Gasteiger partial charge in [-0.15, -0.1) is 0 Å². The first-order valence-electron chi connectivity index (χ1n) is 5.13. The lowest BCUT2D eigenvalue weighted by Gasteiger charge is -2.23. The lowest BCUT2D eigenvalue weighted by atomic mass is 9.85. The minimum Gasteiger partial charge on any atom is -0.494 e. The molecule has 0 saturated heterocycles. The summed E-state index contributed by atoms with van der Waals surface area (Å²) >= 11 is 0. The van der Waals surface area contributed by atoms with Gasteiger partial charge in [0.05, 0.1) is 7.11 Å². The Morgan fingerprint density at radius 1 is 1.31 bits per heavy atom. The summed E-state index contributed by atoms with van der Waals surface area (Å²) in [7, 11) is 1.48. The Labute approximate surface area is 93.7 Å². The number of hydrogen-bond donors (Lipinski definition) is 0. The first kappa shape index (κ1) is 10.7. The Hall–Kier alpha value is -1.84. The largest absolute Gasteiger partial charge is 0.494 e. The van der Waals surface area contributed by atoms with Crippen LogP contribution in [-0.2, 0) is 4.74 Å². The number of allylic oxidation sites excluding steroid dienone is 1. The van der Waals surface area contributed by atoms with Crippen molar-refractivity contribution in [2.24, 2.45) is 0 Å². The molecule has 2 atom stereocenters. The van der Waals surface area contributed by atoms with Gasteiger partial charge < -0.3 is 4.74 Å². The molecule has 0 amide bonds. The standard InChI is InChI=1S/C12H13NO3/c1-8-7-11(16-2)12(13(14)15)10-6-4-3-5-9(8)10/h3-8,12H,1-2H3. The van der Waals surface area contributed by atoms with Crippen LogP contribution in [0.5, 0.6) is 0 Å². The second kappa shape index (κ2) is 3.96. The number of rotatable bonds is 2. The van der Waals surface area contributed by atoms with Crippen molar-refractivity contribution in [2.75, 3.05) is 7.11 Å². The third kappa shape index (κ3) is 1.56. The molecule has 0 fully saturated rings. The van der Waals surface area contributed by atoms with Gasteiger partial charge >= 0.3 is 0 Å². The second-order valence-electron chi connectivity index (χ2n) is 3.88. The first-order chi connectivity index (χ1) is 7.65. The molecule has 0 aromatic heterocycles. The molecule has 16 heavy (non-hydrogen) atoms. The maximum Gasteiger partial charge on any atom is 0.294 e. The number of hydrogen-bond acceptors (Lipinski definition) is 3. The summed E-state index contributed by atoms with van der Waals surface area (Å²) in [4.78, 5) is 10.8. The van der Waals surface area contributed by atoms with E-state index >= 15 is 0 Å². The van der Waals surface area contributed by atoms with E-state index in [9.17, 15) is 10.1 Å². The van der Waals surface area contributed by atoms with E-state index in [0.717, 1.165) is 11.1 Å². The fraction of sp³-hybridized carbons (Fsp3) is 0.333.